The van der Waals surface area contributed by atoms with E-state index in [-0.39, 0.29) is 11.8 Å². The van der Waals surface area contributed by atoms with Gasteiger partial charge in [-0.3, -0.25) is 9.59 Å². The smallest absolute Gasteiger partial charge is 0.254 e. The number of ether oxygens (including phenoxy) is 6. The monoisotopic (exact) mass is 564 g/mol. The number of nitrogens with zero attached hydrogens (tertiary/aromatic N) is 1. The Hall–Kier alpha value is -4.60. The second kappa shape index (κ2) is 12.7. The third-order valence-corrected chi connectivity index (χ3v) is 7.37. The van der Waals surface area contributed by atoms with Crippen LogP contribution in [0.25, 0.3) is 0 Å². The molecule has 2 atom stereocenters. The summed E-state index contributed by atoms with van der Waals surface area (Å²) in [6, 6.07) is 13.8. The standard InChI is InChI=1S/C31H36N2O8/c1-33-29(19-9-11-23(37-3)25(15-19)39-5)28(20-16-26(40-6)27(41-7)17-21(20)31(33)35)30(34)32-13-12-18-8-10-22(36-2)24(14-18)38-4/h8-11,14-17,28-29H,12-13H2,1-7H3,(H,32,34)/t28-,29+/m0/s1. The molecule has 0 bridgehead atoms. The topological polar surface area (TPSA) is 105 Å². The maximum atomic E-state index is 14.0. The fourth-order valence-corrected chi connectivity index (χ4v) is 5.26. The van der Waals surface area contributed by atoms with E-state index in [0.29, 0.717) is 58.6 Å². The predicted octanol–water partition coefficient (Wildman–Crippen LogP) is 4.01. The second-order valence-electron chi connectivity index (χ2n) is 9.48. The molecule has 1 heterocycles. The van der Waals surface area contributed by atoms with Gasteiger partial charge in [0.15, 0.2) is 34.5 Å². The average Bonchev–Trinajstić information content (AvgIpc) is 3.01. The van der Waals surface area contributed by atoms with Crippen molar-refractivity contribution in [2.75, 3.05) is 56.3 Å². The highest BCUT2D eigenvalue weighted by Gasteiger charge is 2.43. The molecule has 3 aromatic rings. The van der Waals surface area contributed by atoms with Crippen LogP contribution in [0, 0.1) is 0 Å². The second-order valence-corrected chi connectivity index (χ2v) is 9.48. The van der Waals surface area contributed by atoms with Crippen molar-refractivity contribution in [3.63, 3.8) is 0 Å². The van der Waals surface area contributed by atoms with Crippen molar-refractivity contribution in [3.8, 4) is 34.5 Å². The number of amides is 2. The summed E-state index contributed by atoms with van der Waals surface area (Å²) < 4.78 is 32.7. The molecule has 1 aliphatic rings. The van der Waals surface area contributed by atoms with Gasteiger partial charge in [0.2, 0.25) is 5.91 Å². The number of fused-ring (bicyclic) bond motifs is 1. The SMILES string of the molecule is COc1ccc(CCNC(=O)[C@H]2c3cc(OC)c(OC)cc3C(=O)N(C)[C@@H]2c2ccc(OC)c(OC)c2)cc1OC. The summed E-state index contributed by atoms with van der Waals surface area (Å²) in [4.78, 5) is 29.2. The number of hydrogen-bond acceptors (Lipinski definition) is 8. The van der Waals surface area contributed by atoms with Gasteiger partial charge in [-0.2, -0.15) is 0 Å². The van der Waals surface area contributed by atoms with Crippen LogP contribution in [-0.4, -0.2) is 73.0 Å². The Kier molecular flexibility index (Phi) is 9.11. The van der Waals surface area contributed by atoms with E-state index in [4.69, 9.17) is 28.4 Å². The number of rotatable bonds is 11. The Morgan fingerprint density at radius 2 is 1.27 bits per heavy atom. The van der Waals surface area contributed by atoms with Crippen molar-refractivity contribution in [1.29, 1.82) is 0 Å². The van der Waals surface area contributed by atoms with Gasteiger partial charge in [-0.1, -0.05) is 12.1 Å². The van der Waals surface area contributed by atoms with Crippen LogP contribution >= 0.6 is 0 Å². The first kappa shape index (κ1) is 29.4. The predicted molar refractivity (Wildman–Crippen MR) is 153 cm³/mol. The molecule has 10 heteroatoms. The van der Waals surface area contributed by atoms with Crippen LogP contribution in [0.2, 0.25) is 0 Å². The molecule has 0 saturated carbocycles. The number of nitrogens with one attached hydrogen (secondary N) is 1. The molecule has 0 unspecified atom stereocenters. The van der Waals surface area contributed by atoms with Crippen LogP contribution in [0.3, 0.4) is 0 Å². The molecule has 1 aliphatic heterocycles. The summed E-state index contributed by atoms with van der Waals surface area (Å²) in [5.41, 5.74) is 2.62. The lowest BCUT2D eigenvalue weighted by molar-refractivity contribution is -0.124. The molecule has 4 rings (SSSR count). The average molecular weight is 565 g/mol. The fraction of sp³-hybridized carbons (Fsp3) is 0.355. The number of carbonyl (C=O) groups excluding carboxylic acids is 2. The number of methoxy groups -OCH3 is 6. The Balaban J connectivity index is 1.73. The molecule has 0 aromatic heterocycles. The summed E-state index contributed by atoms with van der Waals surface area (Å²) in [6.07, 6.45) is 0.563. The van der Waals surface area contributed by atoms with Gasteiger partial charge in [-0.15, -0.1) is 0 Å². The van der Waals surface area contributed by atoms with E-state index >= 15 is 0 Å². The fourth-order valence-electron chi connectivity index (χ4n) is 5.26. The molecule has 218 valence electrons. The highest BCUT2D eigenvalue weighted by Crippen LogP contribution is 2.46. The molecule has 1 N–H and O–H groups in total. The van der Waals surface area contributed by atoms with Crippen molar-refractivity contribution >= 4 is 11.8 Å². The van der Waals surface area contributed by atoms with E-state index in [9.17, 15) is 9.59 Å². The molecule has 10 nitrogen and oxygen atoms in total. The van der Waals surface area contributed by atoms with Gasteiger partial charge in [0.05, 0.1) is 54.6 Å². The van der Waals surface area contributed by atoms with Gasteiger partial charge < -0.3 is 38.6 Å². The lowest BCUT2D eigenvalue weighted by Crippen LogP contribution is -2.46. The van der Waals surface area contributed by atoms with Crippen LogP contribution in [0.4, 0.5) is 0 Å². The Labute approximate surface area is 240 Å². The summed E-state index contributed by atoms with van der Waals surface area (Å²) in [6.45, 7) is 0.365. The van der Waals surface area contributed by atoms with Crippen LogP contribution in [0.15, 0.2) is 48.5 Å². The molecule has 0 fully saturated rings. The molecule has 0 aliphatic carbocycles. The minimum absolute atomic E-state index is 0.238. The van der Waals surface area contributed by atoms with E-state index in [2.05, 4.69) is 5.32 Å². The van der Waals surface area contributed by atoms with E-state index < -0.39 is 12.0 Å². The van der Waals surface area contributed by atoms with E-state index in [1.807, 2.05) is 24.3 Å². The summed E-state index contributed by atoms with van der Waals surface area (Å²) >= 11 is 0. The normalized spacial score (nSPS) is 16.0. The number of carbonyl (C=O) groups is 2. The quantitative estimate of drug-likeness (QED) is 0.373. The lowest BCUT2D eigenvalue weighted by atomic mass is 9.79. The largest absolute Gasteiger partial charge is 0.493 e. The zero-order chi connectivity index (χ0) is 29.7. The van der Waals surface area contributed by atoms with E-state index in [1.54, 1.807) is 64.7 Å². The molecule has 0 radical (unpaired) electrons. The zero-order valence-corrected chi connectivity index (χ0v) is 24.4. The van der Waals surface area contributed by atoms with E-state index in [1.165, 1.54) is 14.2 Å². The Morgan fingerprint density at radius 1 is 0.732 bits per heavy atom. The molecule has 41 heavy (non-hydrogen) atoms. The molecule has 2 amide bonds. The van der Waals surface area contributed by atoms with Crippen LogP contribution in [0.1, 0.15) is 39.0 Å². The van der Waals surface area contributed by atoms with Crippen LogP contribution in [-0.2, 0) is 11.2 Å². The van der Waals surface area contributed by atoms with Gasteiger partial charge >= 0.3 is 0 Å². The summed E-state index contributed by atoms with van der Waals surface area (Å²) in [7, 11) is 11.0. The van der Waals surface area contributed by atoms with Crippen molar-refractivity contribution < 1.29 is 38.0 Å². The number of benzene rings is 3. The van der Waals surface area contributed by atoms with Crippen LogP contribution in [0.5, 0.6) is 34.5 Å². The van der Waals surface area contributed by atoms with Gasteiger partial charge in [-0.05, 0) is 59.5 Å². The third-order valence-electron chi connectivity index (χ3n) is 7.37. The zero-order valence-electron chi connectivity index (χ0n) is 24.4. The molecule has 3 aromatic carbocycles. The Morgan fingerprint density at radius 3 is 1.88 bits per heavy atom. The summed E-state index contributed by atoms with van der Waals surface area (Å²) in [5, 5.41) is 3.08. The maximum Gasteiger partial charge on any atom is 0.254 e. The highest BCUT2D eigenvalue weighted by molar-refractivity contribution is 6.02. The summed E-state index contributed by atoms with van der Waals surface area (Å²) in [5.74, 6) is 1.90. The molecule has 0 spiro atoms. The van der Waals surface area contributed by atoms with Gasteiger partial charge in [0.1, 0.15) is 0 Å². The maximum absolute atomic E-state index is 14.0. The van der Waals surface area contributed by atoms with Crippen molar-refractivity contribution in [2.24, 2.45) is 0 Å². The highest BCUT2D eigenvalue weighted by atomic mass is 16.5. The van der Waals surface area contributed by atoms with Crippen LogP contribution < -0.4 is 33.7 Å². The number of likely N-dealkylation sites (N-methyl/N-ethyl adjacent to an activating group) is 1. The Bertz CT molecular complexity index is 1420. The molecular weight excluding hydrogens is 528 g/mol. The van der Waals surface area contributed by atoms with Gasteiger partial charge in [-0.25, -0.2) is 0 Å². The lowest BCUT2D eigenvalue weighted by Gasteiger charge is -2.40. The number of hydrogen-bond donors (Lipinski definition) is 1. The van der Waals surface area contributed by atoms with Gasteiger partial charge in [0, 0.05) is 19.2 Å². The minimum atomic E-state index is -0.754. The third kappa shape index (κ3) is 5.68. The minimum Gasteiger partial charge on any atom is -0.493 e. The molecular formula is C31H36N2O8. The first-order chi connectivity index (χ1) is 19.8. The first-order valence-electron chi connectivity index (χ1n) is 13.0. The van der Waals surface area contributed by atoms with E-state index in [0.717, 1.165) is 11.1 Å². The van der Waals surface area contributed by atoms with Crippen molar-refractivity contribution in [2.45, 2.75) is 18.4 Å². The first-order valence-corrected chi connectivity index (χ1v) is 13.0. The van der Waals surface area contributed by atoms with Gasteiger partial charge in [0.25, 0.3) is 5.91 Å². The van der Waals surface area contributed by atoms with Crippen molar-refractivity contribution in [1.82, 2.24) is 10.2 Å². The molecule has 0 saturated heterocycles. The van der Waals surface area contributed by atoms with Crippen molar-refractivity contribution in [3.05, 3.63) is 70.8 Å².